The van der Waals surface area contributed by atoms with Crippen molar-refractivity contribution in [3.05, 3.63) is 111 Å². The molecule has 1 saturated heterocycles. The number of carbonyl (C=O) groups is 2. The minimum absolute atomic E-state index is 0.129. The summed E-state index contributed by atoms with van der Waals surface area (Å²) in [5.74, 6) is -1.24. The van der Waals surface area contributed by atoms with Gasteiger partial charge in [0.1, 0.15) is 12.0 Å². The van der Waals surface area contributed by atoms with E-state index in [1.807, 2.05) is 65.4 Å². The van der Waals surface area contributed by atoms with Gasteiger partial charge in [-0.2, -0.15) is 11.3 Å². The number of rotatable bonds is 6. The lowest BCUT2D eigenvalue weighted by molar-refractivity contribution is -0.139. The number of allylic oxidation sites excluding steroid dienone is 2. The lowest BCUT2D eigenvalue weighted by Crippen LogP contribution is -2.59. The zero-order chi connectivity index (χ0) is 26.1. The number of benzene rings is 2. The molecule has 2 N–H and O–H groups in total. The van der Waals surface area contributed by atoms with Crippen LogP contribution in [0.15, 0.2) is 99.3 Å². The molecule has 38 heavy (non-hydrogen) atoms. The molecule has 6 rings (SSSR count). The van der Waals surface area contributed by atoms with Crippen LogP contribution in [0.2, 0.25) is 0 Å². The number of ether oxygens (including phenoxy) is 1. The van der Waals surface area contributed by atoms with Crippen LogP contribution in [0.1, 0.15) is 48.1 Å². The van der Waals surface area contributed by atoms with Gasteiger partial charge in [0.05, 0.1) is 6.04 Å². The van der Waals surface area contributed by atoms with Gasteiger partial charge in [0.25, 0.3) is 0 Å². The largest absolute Gasteiger partial charge is 0.471 e. The summed E-state index contributed by atoms with van der Waals surface area (Å²) in [4.78, 5) is 27.3. The number of aryl methyl sites for hydroxylation is 1. The highest BCUT2D eigenvalue weighted by Crippen LogP contribution is 2.47. The Bertz CT molecular complexity index is 1390. The molecule has 194 valence electrons. The maximum absolute atomic E-state index is 13.6. The standard InChI is InChI=1S/C30H27ClN2O3S2/c31-30(28-24(34)17-23(32-29(28)35)20-15-16-37-18-20)26(38-21-9-2-1-3-10-21)13-14-27(33-30)36-25-12-6-8-19-7-4-5-11-22(19)25/h1-5,7,9-11,13-16,18,23,25,28,33H,6,8,12,17H2,(H,32,35). The number of alkyl halides is 1. The number of amides is 1. The highest BCUT2D eigenvalue weighted by molar-refractivity contribution is 8.03. The summed E-state index contributed by atoms with van der Waals surface area (Å²) in [6.07, 6.45) is 6.71. The predicted molar refractivity (Wildman–Crippen MR) is 152 cm³/mol. The monoisotopic (exact) mass is 562 g/mol. The number of dihydropyridines is 1. The van der Waals surface area contributed by atoms with Crippen molar-refractivity contribution in [2.45, 2.75) is 47.7 Å². The molecular weight excluding hydrogens is 536 g/mol. The van der Waals surface area contributed by atoms with Crippen molar-refractivity contribution >= 4 is 46.4 Å². The number of thiophene rings is 1. The van der Waals surface area contributed by atoms with Crippen molar-refractivity contribution in [2.24, 2.45) is 5.92 Å². The fraction of sp³-hybridized carbons (Fsp3) is 0.267. The molecule has 3 aromatic rings. The van der Waals surface area contributed by atoms with E-state index in [4.69, 9.17) is 16.3 Å². The smallest absolute Gasteiger partial charge is 0.235 e. The number of piperidine rings is 1. The van der Waals surface area contributed by atoms with Crippen molar-refractivity contribution < 1.29 is 14.3 Å². The molecule has 5 nitrogen and oxygen atoms in total. The van der Waals surface area contributed by atoms with Crippen molar-refractivity contribution in [3.8, 4) is 0 Å². The lowest BCUT2D eigenvalue weighted by atomic mass is 9.83. The van der Waals surface area contributed by atoms with Crippen LogP contribution in [-0.4, -0.2) is 16.7 Å². The van der Waals surface area contributed by atoms with Crippen molar-refractivity contribution in [1.29, 1.82) is 0 Å². The van der Waals surface area contributed by atoms with E-state index in [1.165, 1.54) is 34.2 Å². The Morgan fingerprint density at radius 3 is 2.63 bits per heavy atom. The van der Waals surface area contributed by atoms with Crippen LogP contribution in [0, 0.1) is 5.92 Å². The summed E-state index contributed by atoms with van der Waals surface area (Å²) >= 11 is 10.3. The number of halogens is 1. The first-order valence-corrected chi connectivity index (χ1v) is 14.9. The summed E-state index contributed by atoms with van der Waals surface area (Å²) in [6, 6.07) is 19.7. The molecule has 2 aromatic carbocycles. The second-order valence-electron chi connectivity index (χ2n) is 9.73. The van der Waals surface area contributed by atoms with Crippen LogP contribution in [0.4, 0.5) is 0 Å². The van der Waals surface area contributed by atoms with E-state index in [0.717, 1.165) is 29.7 Å². The first-order chi connectivity index (χ1) is 18.5. The number of hydrogen-bond donors (Lipinski definition) is 2. The molecule has 0 radical (unpaired) electrons. The summed E-state index contributed by atoms with van der Waals surface area (Å²) in [5, 5.41) is 10.2. The number of carbonyl (C=O) groups excluding carboxylic acids is 2. The van der Waals surface area contributed by atoms with Crippen molar-refractivity contribution in [1.82, 2.24) is 10.6 Å². The van der Waals surface area contributed by atoms with Gasteiger partial charge in [0.2, 0.25) is 5.91 Å². The maximum Gasteiger partial charge on any atom is 0.235 e. The van der Waals surface area contributed by atoms with Gasteiger partial charge in [-0.15, -0.1) is 0 Å². The number of hydrogen-bond acceptors (Lipinski definition) is 6. The number of fused-ring (bicyclic) bond motifs is 1. The third kappa shape index (κ3) is 4.91. The zero-order valence-corrected chi connectivity index (χ0v) is 23.0. The Balaban J connectivity index is 1.31. The second-order valence-corrected chi connectivity index (χ2v) is 12.2. The first-order valence-electron chi connectivity index (χ1n) is 12.7. The summed E-state index contributed by atoms with van der Waals surface area (Å²) in [5.41, 5.74) is 3.39. The van der Waals surface area contributed by atoms with Gasteiger partial charge in [-0.1, -0.05) is 65.8 Å². The van der Waals surface area contributed by atoms with E-state index in [2.05, 4.69) is 28.8 Å². The number of Topliss-reactive ketones (excluding diaryl/α,β-unsaturated/α-hetero) is 1. The topological polar surface area (TPSA) is 67.4 Å². The fourth-order valence-corrected chi connectivity index (χ4v) is 7.60. The van der Waals surface area contributed by atoms with Gasteiger partial charge in [-0.25, -0.2) is 0 Å². The van der Waals surface area contributed by atoms with Crippen LogP contribution in [-0.2, 0) is 20.7 Å². The normalized spacial score (nSPS) is 26.9. The Hall–Kier alpha value is -3.00. The van der Waals surface area contributed by atoms with Crippen LogP contribution < -0.4 is 10.6 Å². The quantitative estimate of drug-likeness (QED) is 0.200. The maximum atomic E-state index is 13.6. The number of ketones is 1. The van der Waals surface area contributed by atoms with Crippen molar-refractivity contribution in [3.63, 3.8) is 0 Å². The van der Waals surface area contributed by atoms with Gasteiger partial charge in [0, 0.05) is 16.2 Å². The fourth-order valence-electron chi connectivity index (χ4n) is 5.40. The molecule has 1 amide bonds. The molecule has 0 bridgehead atoms. The molecule has 2 aliphatic heterocycles. The van der Waals surface area contributed by atoms with Gasteiger partial charge >= 0.3 is 0 Å². The molecule has 1 aliphatic carbocycles. The van der Waals surface area contributed by atoms with E-state index < -0.39 is 10.9 Å². The van der Waals surface area contributed by atoms with Gasteiger partial charge < -0.3 is 15.4 Å². The summed E-state index contributed by atoms with van der Waals surface area (Å²) in [7, 11) is 0. The molecule has 3 heterocycles. The van der Waals surface area contributed by atoms with E-state index in [1.54, 1.807) is 0 Å². The van der Waals surface area contributed by atoms with Crippen LogP contribution in [0.5, 0.6) is 0 Å². The molecule has 0 saturated carbocycles. The average Bonchev–Trinajstić information content (AvgIpc) is 3.46. The second kappa shape index (κ2) is 10.6. The van der Waals surface area contributed by atoms with Crippen LogP contribution >= 0.6 is 34.7 Å². The third-order valence-corrected chi connectivity index (χ3v) is 9.77. The van der Waals surface area contributed by atoms with E-state index in [0.29, 0.717) is 10.8 Å². The minimum Gasteiger partial charge on any atom is -0.471 e. The SMILES string of the molecule is O=C1CC(c2ccsc2)NC(=O)C1C1(Cl)NC(OC2CCCc3ccccc32)=CC=C1Sc1ccccc1. The predicted octanol–water partition coefficient (Wildman–Crippen LogP) is 6.64. The number of nitrogens with one attached hydrogen (secondary N) is 2. The first kappa shape index (κ1) is 25.3. The van der Waals surface area contributed by atoms with Gasteiger partial charge in [-0.3, -0.25) is 9.59 Å². The van der Waals surface area contributed by atoms with Gasteiger partial charge in [-0.05, 0) is 77.1 Å². The Kier molecular flexibility index (Phi) is 7.08. The van der Waals surface area contributed by atoms with E-state index in [-0.39, 0.29) is 30.3 Å². The summed E-state index contributed by atoms with van der Waals surface area (Å²) in [6.45, 7) is 0. The Morgan fingerprint density at radius 2 is 1.84 bits per heavy atom. The molecule has 0 spiro atoms. The molecule has 4 atom stereocenters. The molecule has 1 fully saturated rings. The highest BCUT2D eigenvalue weighted by Gasteiger charge is 2.53. The summed E-state index contributed by atoms with van der Waals surface area (Å²) < 4.78 is 6.46. The van der Waals surface area contributed by atoms with Gasteiger partial charge in [0.15, 0.2) is 16.7 Å². The number of thioether (sulfide) groups is 1. The van der Waals surface area contributed by atoms with E-state index >= 15 is 0 Å². The Labute approximate surface area is 235 Å². The van der Waals surface area contributed by atoms with E-state index in [9.17, 15) is 9.59 Å². The molecule has 4 unspecified atom stereocenters. The average molecular weight is 563 g/mol. The lowest BCUT2D eigenvalue weighted by Gasteiger charge is -2.42. The Morgan fingerprint density at radius 1 is 1.03 bits per heavy atom. The molecular formula is C30H27ClN2O3S2. The molecule has 3 aliphatic rings. The van der Waals surface area contributed by atoms with Crippen molar-refractivity contribution in [2.75, 3.05) is 0 Å². The third-order valence-electron chi connectivity index (χ3n) is 7.25. The molecule has 8 heteroatoms. The molecule has 1 aromatic heterocycles. The highest BCUT2D eigenvalue weighted by atomic mass is 35.5. The zero-order valence-electron chi connectivity index (χ0n) is 20.6. The van der Waals surface area contributed by atoms with Crippen LogP contribution in [0.25, 0.3) is 0 Å². The minimum atomic E-state index is -1.49. The van der Waals surface area contributed by atoms with Crippen LogP contribution in [0.3, 0.4) is 0 Å².